The van der Waals surface area contributed by atoms with Gasteiger partial charge in [0, 0.05) is 0 Å². The first-order chi connectivity index (χ1) is 7.04. The summed E-state index contributed by atoms with van der Waals surface area (Å²) in [4.78, 5) is 2.34. The molecule has 3 saturated heterocycles. The van der Waals surface area contributed by atoms with Gasteiger partial charge in [-0.25, -0.2) is 0 Å². The van der Waals surface area contributed by atoms with Gasteiger partial charge in [0.1, 0.15) is 0 Å². The van der Waals surface area contributed by atoms with Crippen LogP contribution in [0.5, 0.6) is 0 Å². The topological polar surface area (TPSA) is 30.9 Å². The molecule has 0 aliphatic carbocycles. The summed E-state index contributed by atoms with van der Waals surface area (Å²) in [6.07, 6.45) is 0. The third kappa shape index (κ3) is 2.39. The molecular weight excluding hydrogens is 255 g/mol. The van der Waals surface area contributed by atoms with E-state index in [0.717, 1.165) is 39.5 Å². The SMILES string of the molecule is C[C](C)(C)[Ge]12[O]CCN(CC[O]1)CC[O]2. The third-order valence-corrected chi connectivity index (χ3v) is 10.5. The zero-order valence-corrected chi connectivity index (χ0v) is 12.0. The predicted molar refractivity (Wildman–Crippen MR) is 59.8 cm³/mol. The van der Waals surface area contributed by atoms with Crippen molar-refractivity contribution >= 4 is 14.3 Å². The van der Waals surface area contributed by atoms with Crippen LogP contribution in [-0.4, -0.2) is 58.6 Å². The van der Waals surface area contributed by atoms with Crippen molar-refractivity contribution < 1.29 is 11.3 Å². The molecular formula is C10H21GeNO3. The van der Waals surface area contributed by atoms with E-state index >= 15 is 0 Å². The number of hydrogen-bond donors (Lipinski definition) is 0. The van der Waals surface area contributed by atoms with Gasteiger partial charge in [0.2, 0.25) is 0 Å². The quantitative estimate of drug-likeness (QED) is 0.620. The van der Waals surface area contributed by atoms with E-state index in [1.54, 1.807) is 0 Å². The van der Waals surface area contributed by atoms with Gasteiger partial charge in [-0.1, -0.05) is 0 Å². The van der Waals surface area contributed by atoms with Crippen LogP contribution in [0, 0.1) is 0 Å². The van der Waals surface area contributed by atoms with Crippen molar-refractivity contribution in [1.82, 2.24) is 4.90 Å². The van der Waals surface area contributed by atoms with Crippen molar-refractivity contribution in [3.63, 3.8) is 0 Å². The number of fused-ring (bicyclic) bond motifs is 6. The molecule has 0 amide bonds. The molecule has 0 N–H and O–H groups in total. The van der Waals surface area contributed by atoms with Crippen LogP contribution in [0.3, 0.4) is 0 Å². The van der Waals surface area contributed by atoms with Gasteiger partial charge in [-0.2, -0.15) is 0 Å². The summed E-state index contributed by atoms with van der Waals surface area (Å²) in [7, 11) is 0. The van der Waals surface area contributed by atoms with E-state index in [-0.39, 0.29) is 4.25 Å². The fourth-order valence-corrected chi connectivity index (χ4v) is 7.55. The van der Waals surface area contributed by atoms with Crippen molar-refractivity contribution in [2.24, 2.45) is 0 Å². The van der Waals surface area contributed by atoms with Gasteiger partial charge >= 0.3 is 94.9 Å². The Morgan fingerprint density at radius 1 is 0.867 bits per heavy atom. The molecule has 0 aromatic carbocycles. The van der Waals surface area contributed by atoms with Crippen molar-refractivity contribution in [3.05, 3.63) is 0 Å². The first-order valence-electron chi connectivity index (χ1n) is 5.68. The van der Waals surface area contributed by atoms with E-state index in [4.69, 9.17) is 11.3 Å². The predicted octanol–water partition coefficient (Wildman–Crippen LogP) is 1.10. The summed E-state index contributed by atoms with van der Waals surface area (Å²) >= 11 is -3.02. The van der Waals surface area contributed by atoms with Crippen LogP contribution in [0.4, 0.5) is 0 Å². The average Bonchev–Trinajstić information content (AvgIpc) is 1.96. The van der Waals surface area contributed by atoms with Gasteiger partial charge in [-0.05, 0) is 0 Å². The van der Waals surface area contributed by atoms with Crippen LogP contribution in [0.15, 0.2) is 0 Å². The van der Waals surface area contributed by atoms with Gasteiger partial charge in [-0.15, -0.1) is 0 Å². The minimum atomic E-state index is -3.02. The molecule has 0 aromatic heterocycles. The Morgan fingerprint density at radius 2 is 1.27 bits per heavy atom. The summed E-state index contributed by atoms with van der Waals surface area (Å²) in [6.45, 7) is 11.9. The van der Waals surface area contributed by atoms with E-state index in [2.05, 4.69) is 25.7 Å². The Balaban J connectivity index is 2.19. The molecule has 3 aliphatic rings. The van der Waals surface area contributed by atoms with Gasteiger partial charge in [0.15, 0.2) is 0 Å². The Bertz CT molecular complexity index is 203. The molecule has 0 radical (unpaired) electrons. The van der Waals surface area contributed by atoms with Crippen LogP contribution in [0.2, 0.25) is 4.25 Å². The van der Waals surface area contributed by atoms with E-state index in [1.165, 1.54) is 0 Å². The van der Waals surface area contributed by atoms with Gasteiger partial charge < -0.3 is 0 Å². The minimum absolute atomic E-state index is 0.0273. The Kier molecular flexibility index (Phi) is 3.42. The van der Waals surface area contributed by atoms with Crippen LogP contribution >= 0.6 is 0 Å². The maximum atomic E-state index is 6.01. The van der Waals surface area contributed by atoms with E-state index < -0.39 is 14.3 Å². The average molecular weight is 276 g/mol. The van der Waals surface area contributed by atoms with Crippen molar-refractivity contribution in [2.75, 3.05) is 39.5 Å². The van der Waals surface area contributed by atoms with Crippen LogP contribution in [0.25, 0.3) is 0 Å². The summed E-state index contributed by atoms with van der Waals surface area (Å²) in [5.41, 5.74) is 0. The Labute approximate surface area is 95.2 Å². The molecule has 15 heavy (non-hydrogen) atoms. The van der Waals surface area contributed by atoms with E-state index in [1.807, 2.05) is 0 Å². The van der Waals surface area contributed by atoms with Gasteiger partial charge in [0.05, 0.1) is 0 Å². The molecule has 0 atom stereocenters. The first-order valence-corrected chi connectivity index (χ1v) is 9.30. The summed E-state index contributed by atoms with van der Waals surface area (Å²) in [6, 6.07) is 0. The first kappa shape index (κ1) is 11.9. The second-order valence-electron chi connectivity index (χ2n) is 5.19. The van der Waals surface area contributed by atoms with Gasteiger partial charge in [0.25, 0.3) is 0 Å². The molecule has 88 valence electrons. The fourth-order valence-electron chi connectivity index (χ4n) is 2.04. The second-order valence-corrected chi connectivity index (χ2v) is 12.5. The normalized spacial score (nSPS) is 38.2. The number of hydrogen-bond acceptors (Lipinski definition) is 4. The zero-order valence-electron chi connectivity index (χ0n) is 9.91. The molecule has 2 bridgehead atoms. The summed E-state index contributed by atoms with van der Waals surface area (Å²) in [5, 5.41) is 0. The second kappa shape index (κ2) is 4.33. The molecule has 0 saturated carbocycles. The standard InChI is InChI=1S/C10H21GeNO3/c1-10(2,3)11-13-7-4-12(5-8-14-11)6-9-15-11/h4-9H2,1-3H3. The van der Waals surface area contributed by atoms with E-state index in [0.29, 0.717) is 0 Å². The number of nitrogens with zero attached hydrogens (tertiary/aromatic N) is 1. The van der Waals surface area contributed by atoms with Crippen molar-refractivity contribution in [3.8, 4) is 0 Å². The molecule has 5 heteroatoms. The summed E-state index contributed by atoms with van der Waals surface area (Å²) < 4.78 is 18.0. The van der Waals surface area contributed by atoms with Crippen LogP contribution < -0.4 is 0 Å². The van der Waals surface area contributed by atoms with Crippen molar-refractivity contribution in [2.45, 2.75) is 25.0 Å². The molecule has 3 heterocycles. The van der Waals surface area contributed by atoms with Crippen LogP contribution in [0.1, 0.15) is 20.8 Å². The monoisotopic (exact) mass is 277 g/mol. The van der Waals surface area contributed by atoms with Crippen molar-refractivity contribution in [1.29, 1.82) is 0 Å². The molecule has 4 nitrogen and oxygen atoms in total. The Morgan fingerprint density at radius 3 is 1.60 bits per heavy atom. The molecule has 3 fully saturated rings. The third-order valence-electron chi connectivity index (χ3n) is 3.02. The zero-order chi connectivity index (χ0) is 10.9. The summed E-state index contributed by atoms with van der Waals surface area (Å²) in [5.74, 6) is 0. The maximum absolute atomic E-state index is 6.01. The van der Waals surface area contributed by atoms with Gasteiger partial charge in [-0.3, -0.25) is 0 Å². The number of rotatable bonds is 0. The van der Waals surface area contributed by atoms with E-state index in [9.17, 15) is 0 Å². The fraction of sp³-hybridized carbons (Fsp3) is 1.00. The molecule has 0 unspecified atom stereocenters. The molecule has 0 aromatic rings. The molecule has 3 rings (SSSR count). The van der Waals surface area contributed by atoms with Crippen LogP contribution in [-0.2, 0) is 11.3 Å². The molecule has 3 aliphatic heterocycles. The molecule has 0 spiro atoms. The Hall–Kier alpha value is 0.383.